The van der Waals surface area contributed by atoms with Crippen LogP contribution in [0.5, 0.6) is 5.75 Å². The lowest BCUT2D eigenvalue weighted by molar-refractivity contribution is -0.134. The van der Waals surface area contributed by atoms with Crippen LogP contribution in [0, 0.1) is 18.3 Å². The standard InChI is InChI=1S/C21H23N3O2/c1-16-4-3-5-19(12-16)24-11-10-23(14-17(24)2)21(25)15-26-20-8-6-18(13-22)7-9-20/h3-9,12,17H,10-11,14-15H2,1-2H3. The summed E-state index contributed by atoms with van der Waals surface area (Å²) >= 11 is 0. The Hall–Kier alpha value is -3.00. The Labute approximate surface area is 154 Å². The zero-order valence-corrected chi connectivity index (χ0v) is 15.2. The molecule has 0 bridgehead atoms. The van der Waals surface area contributed by atoms with E-state index in [1.54, 1.807) is 24.3 Å². The first kappa shape index (κ1) is 17.8. The fraction of sp³-hybridized carbons (Fsp3) is 0.333. The van der Waals surface area contributed by atoms with Crippen molar-refractivity contribution in [3.8, 4) is 11.8 Å². The average molecular weight is 349 g/mol. The Bertz CT molecular complexity index is 811. The van der Waals surface area contributed by atoms with Crippen molar-refractivity contribution in [3.05, 3.63) is 59.7 Å². The van der Waals surface area contributed by atoms with Crippen molar-refractivity contribution >= 4 is 11.6 Å². The molecule has 3 rings (SSSR count). The van der Waals surface area contributed by atoms with Crippen molar-refractivity contribution in [2.24, 2.45) is 0 Å². The van der Waals surface area contributed by atoms with Gasteiger partial charge in [0.05, 0.1) is 11.6 Å². The van der Waals surface area contributed by atoms with Crippen molar-refractivity contribution < 1.29 is 9.53 Å². The molecular formula is C21H23N3O2. The molecule has 2 aromatic carbocycles. The van der Waals surface area contributed by atoms with E-state index >= 15 is 0 Å². The number of rotatable bonds is 4. The summed E-state index contributed by atoms with van der Waals surface area (Å²) in [4.78, 5) is 16.7. The number of ether oxygens (including phenoxy) is 1. The average Bonchev–Trinajstić information content (AvgIpc) is 2.66. The highest BCUT2D eigenvalue weighted by Gasteiger charge is 2.27. The minimum Gasteiger partial charge on any atom is -0.484 e. The lowest BCUT2D eigenvalue weighted by Gasteiger charge is -2.41. The van der Waals surface area contributed by atoms with Crippen LogP contribution in [-0.2, 0) is 4.79 Å². The number of carbonyl (C=O) groups is 1. The normalized spacial score (nSPS) is 16.9. The molecule has 0 aromatic heterocycles. The number of anilines is 1. The number of aryl methyl sites for hydroxylation is 1. The number of carbonyl (C=O) groups excluding carboxylic acids is 1. The fourth-order valence-corrected chi connectivity index (χ4v) is 3.24. The van der Waals surface area contributed by atoms with Crippen molar-refractivity contribution in [2.45, 2.75) is 19.9 Å². The van der Waals surface area contributed by atoms with Crippen LogP contribution in [0.2, 0.25) is 0 Å². The van der Waals surface area contributed by atoms with Crippen LogP contribution < -0.4 is 9.64 Å². The number of nitrogens with zero attached hydrogens (tertiary/aromatic N) is 3. The Morgan fingerprint density at radius 3 is 2.65 bits per heavy atom. The third kappa shape index (κ3) is 4.15. The maximum atomic E-state index is 12.5. The van der Waals surface area contributed by atoms with Gasteiger partial charge in [0.2, 0.25) is 0 Å². The van der Waals surface area contributed by atoms with Gasteiger partial charge in [0, 0.05) is 31.4 Å². The summed E-state index contributed by atoms with van der Waals surface area (Å²) in [6.45, 7) is 6.44. The van der Waals surface area contributed by atoms with Crippen LogP contribution in [0.4, 0.5) is 5.69 Å². The van der Waals surface area contributed by atoms with E-state index < -0.39 is 0 Å². The molecule has 1 unspecified atom stereocenters. The molecule has 1 saturated heterocycles. The predicted molar refractivity (Wildman–Crippen MR) is 101 cm³/mol. The highest BCUT2D eigenvalue weighted by molar-refractivity contribution is 5.78. The van der Waals surface area contributed by atoms with Crippen LogP contribution in [0.15, 0.2) is 48.5 Å². The van der Waals surface area contributed by atoms with E-state index in [0.717, 1.165) is 6.54 Å². The number of piperazine rings is 1. The SMILES string of the molecule is Cc1cccc(N2CCN(C(=O)COc3ccc(C#N)cc3)CC2C)c1. The summed E-state index contributed by atoms with van der Waals surface area (Å²) < 4.78 is 5.57. The molecule has 5 nitrogen and oxygen atoms in total. The van der Waals surface area contributed by atoms with E-state index in [4.69, 9.17) is 10.00 Å². The molecule has 0 N–H and O–H groups in total. The minimum atomic E-state index is -0.00916. The molecule has 0 saturated carbocycles. The van der Waals surface area contributed by atoms with Gasteiger partial charge in [0.15, 0.2) is 6.61 Å². The molecule has 0 aliphatic carbocycles. The Balaban J connectivity index is 1.54. The van der Waals surface area contributed by atoms with Gasteiger partial charge in [-0.3, -0.25) is 4.79 Å². The quantitative estimate of drug-likeness (QED) is 0.851. The summed E-state index contributed by atoms with van der Waals surface area (Å²) in [5, 5.41) is 8.80. The van der Waals surface area contributed by atoms with Crippen LogP contribution in [0.25, 0.3) is 0 Å². The lowest BCUT2D eigenvalue weighted by Crippen LogP contribution is -2.54. The number of benzene rings is 2. The molecule has 1 amide bonds. The van der Waals surface area contributed by atoms with Gasteiger partial charge < -0.3 is 14.5 Å². The van der Waals surface area contributed by atoms with Gasteiger partial charge in [0.1, 0.15) is 5.75 Å². The topological polar surface area (TPSA) is 56.6 Å². The first-order valence-corrected chi connectivity index (χ1v) is 8.81. The predicted octanol–water partition coefficient (Wildman–Crippen LogP) is 2.98. The van der Waals surface area contributed by atoms with E-state index in [1.165, 1.54) is 11.3 Å². The third-order valence-corrected chi connectivity index (χ3v) is 4.66. The van der Waals surface area contributed by atoms with Crippen molar-refractivity contribution in [1.29, 1.82) is 5.26 Å². The maximum Gasteiger partial charge on any atom is 0.260 e. The fourth-order valence-electron chi connectivity index (χ4n) is 3.24. The summed E-state index contributed by atoms with van der Waals surface area (Å²) in [7, 11) is 0. The summed E-state index contributed by atoms with van der Waals surface area (Å²) in [5.41, 5.74) is 3.02. The summed E-state index contributed by atoms with van der Waals surface area (Å²) in [6, 6.07) is 17.6. The minimum absolute atomic E-state index is 0.00916. The molecule has 1 heterocycles. The summed E-state index contributed by atoms with van der Waals surface area (Å²) in [6.07, 6.45) is 0. The van der Waals surface area contributed by atoms with Crippen molar-refractivity contribution in [3.63, 3.8) is 0 Å². The number of amides is 1. The molecule has 134 valence electrons. The lowest BCUT2D eigenvalue weighted by atomic mass is 10.1. The van der Waals surface area contributed by atoms with Gasteiger partial charge >= 0.3 is 0 Å². The van der Waals surface area contributed by atoms with E-state index in [0.29, 0.717) is 24.4 Å². The van der Waals surface area contributed by atoms with E-state index in [2.05, 4.69) is 49.1 Å². The van der Waals surface area contributed by atoms with Crippen LogP contribution in [0.1, 0.15) is 18.1 Å². The van der Waals surface area contributed by atoms with Crippen LogP contribution in [0.3, 0.4) is 0 Å². The second-order valence-electron chi connectivity index (χ2n) is 6.65. The molecule has 1 aliphatic heterocycles. The Morgan fingerprint density at radius 1 is 1.23 bits per heavy atom. The van der Waals surface area contributed by atoms with E-state index in [9.17, 15) is 4.79 Å². The highest BCUT2D eigenvalue weighted by atomic mass is 16.5. The zero-order chi connectivity index (χ0) is 18.5. The molecule has 0 spiro atoms. The molecule has 1 atom stereocenters. The zero-order valence-electron chi connectivity index (χ0n) is 15.2. The number of hydrogen-bond donors (Lipinski definition) is 0. The molecule has 1 fully saturated rings. The molecule has 26 heavy (non-hydrogen) atoms. The largest absolute Gasteiger partial charge is 0.484 e. The second kappa shape index (κ2) is 7.92. The van der Waals surface area contributed by atoms with Gasteiger partial charge in [-0.05, 0) is 55.8 Å². The number of nitriles is 1. The van der Waals surface area contributed by atoms with Crippen LogP contribution in [-0.4, -0.2) is 43.1 Å². The van der Waals surface area contributed by atoms with Gasteiger partial charge in [0.25, 0.3) is 5.91 Å². The second-order valence-corrected chi connectivity index (χ2v) is 6.65. The molecule has 2 aromatic rings. The van der Waals surface area contributed by atoms with Crippen molar-refractivity contribution in [2.75, 3.05) is 31.1 Å². The third-order valence-electron chi connectivity index (χ3n) is 4.66. The number of hydrogen-bond acceptors (Lipinski definition) is 4. The monoisotopic (exact) mass is 349 g/mol. The Kier molecular flexibility index (Phi) is 5.43. The van der Waals surface area contributed by atoms with E-state index in [-0.39, 0.29) is 18.6 Å². The molecular weight excluding hydrogens is 326 g/mol. The van der Waals surface area contributed by atoms with Gasteiger partial charge in [-0.1, -0.05) is 12.1 Å². The van der Waals surface area contributed by atoms with Crippen molar-refractivity contribution in [1.82, 2.24) is 4.90 Å². The van der Waals surface area contributed by atoms with Gasteiger partial charge in [-0.2, -0.15) is 5.26 Å². The smallest absolute Gasteiger partial charge is 0.260 e. The van der Waals surface area contributed by atoms with Gasteiger partial charge in [-0.15, -0.1) is 0 Å². The Morgan fingerprint density at radius 2 is 2.00 bits per heavy atom. The first-order chi connectivity index (χ1) is 12.6. The molecule has 1 aliphatic rings. The maximum absolute atomic E-state index is 12.5. The molecule has 5 heteroatoms. The van der Waals surface area contributed by atoms with Gasteiger partial charge in [-0.25, -0.2) is 0 Å². The first-order valence-electron chi connectivity index (χ1n) is 8.81. The molecule has 0 radical (unpaired) electrons. The summed E-state index contributed by atoms with van der Waals surface area (Å²) in [5.74, 6) is 0.592. The highest BCUT2D eigenvalue weighted by Crippen LogP contribution is 2.22. The van der Waals surface area contributed by atoms with Crippen LogP contribution >= 0.6 is 0 Å². The van der Waals surface area contributed by atoms with E-state index in [1.807, 2.05) is 4.90 Å².